The Hall–Kier alpha value is -4.02. The van der Waals surface area contributed by atoms with Crippen molar-refractivity contribution in [2.75, 3.05) is 11.1 Å². The molecule has 0 radical (unpaired) electrons. The van der Waals surface area contributed by atoms with E-state index < -0.39 is 37.5 Å². The molecule has 3 N–H and O–H groups in total. The predicted molar refractivity (Wildman–Crippen MR) is 89.9 cm³/mol. The van der Waals surface area contributed by atoms with Gasteiger partial charge in [-0.15, -0.1) is 0 Å². The van der Waals surface area contributed by atoms with Crippen molar-refractivity contribution in [2.24, 2.45) is 0 Å². The Balaban J connectivity index is 2.44. The van der Waals surface area contributed by atoms with Crippen LogP contribution in [0.5, 0.6) is 0 Å². The molecule has 25 heavy (non-hydrogen) atoms. The van der Waals surface area contributed by atoms with Crippen LogP contribution < -0.4 is 11.1 Å². The number of nitrogens with one attached hydrogen (secondary N) is 1. The van der Waals surface area contributed by atoms with Gasteiger partial charge in [-0.25, -0.2) is 0 Å². The van der Waals surface area contributed by atoms with Gasteiger partial charge in [-0.3, -0.25) is 30.3 Å². The van der Waals surface area contributed by atoms with E-state index in [0.29, 0.717) is 23.4 Å². The van der Waals surface area contributed by atoms with E-state index in [-0.39, 0.29) is 0 Å². The SMILES string of the molecule is Nc1ccc(/C=C/Nc2c([N+](=O)[O-])cc([N+](=O)[O-])cc2[N+](=O)[O-])cc1. The lowest BCUT2D eigenvalue weighted by Crippen LogP contribution is -2.02. The van der Waals surface area contributed by atoms with E-state index in [1.54, 1.807) is 24.3 Å². The van der Waals surface area contributed by atoms with Crippen molar-refractivity contribution in [3.63, 3.8) is 0 Å². The standard InChI is InChI=1S/C14H11N5O6/c15-10-3-1-9(2-4-10)5-6-16-14-12(18(22)23)7-11(17(20)21)8-13(14)19(24)25/h1-8,16H,15H2/b6-5+. The first-order chi connectivity index (χ1) is 11.8. The van der Waals surface area contributed by atoms with Crippen molar-refractivity contribution >= 4 is 34.5 Å². The van der Waals surface area contributed by atoms with Crippen LogP contribution >= 0.6 is 0 Å². The number of rotatable bonds is 6. The van der Waals surface area contributed by atoms with Crippen LogP contribution in [0.1, 0.15) is 5.56 Å². The van der Waals surface area contributed by atoms with Crippen LogP contribution in [0, 0.1) is 30.3 Å². The zero-order valence-corrected chi connectivity index (χ0v) is 12.5. The molecule has 0 aromatic heterocycles. The van der Waals surface area contributed by atoms with Gasteiger partial charge in [-0.2, -0.15) is 0 Å². The molecule has 2 rings (SSSR count). The van der Waals surface area contributed by atoms with Crippen LogP contribution in [-0.2, 0) is 0 Å². The molecule has 0 unspecified atom stereocenters. The molecule has 0 aliphatic carbocycles. The second-order valence-electron chi connectivity index (χ2n) is 4.77. The summed E-state index contributed by atoms with van der Waals surface area (Å²) in [5.41, 5.74) is 4.04. The highest BCUT2D eigenvalue weighted by atomic mass is 16.6. The van der Waals surface area contributed by atoms with E-state index in [0.717, 1.165) is 0 Å². The van der Waals surface area contributed by atoms with Gasteiger partial charge in [0.1, 0.15) is 0 Å². The van der Waals surface area contributed by atoms with Gasteiger partial charge < -0.3 is 11.1 Å². The Morgan fingerprint density at radius 3 is 1.84 bits per heavy atom. The maximum atomic E-state index is 11.1. The fourth-order valence-electron chi connectivity index (χ4n) is 1.97. The highest BCUT2D eigenvalue weighted by Crippen LogP contribution is 2.38. The summed E-state index contributed by atoms with van der Waals surface area (Å²) in [5, 5.41) is 35.5. The summed E-state index contributed by atoms with van der Waals surface area (Å²) in [5.74, 6) is 0. The third-order valence-electron chi connectivity index (χ3n) is 3.13. The van der Waals surface area contributed by atoms with Crippen molar-refractivity contribution in [3.05, 3.63) is 78.5 Å². The van der Waals surface area contributed by atoms with Gasteiger partial charge >= 0.3 is 11.4 Å². The average molecular weight is 345 g/mol. The van der Waals surface area contributed by atoms with Crippen LogP contribution in [0.4, 0.5) is 28.4 Å². The minimum absolute atomic E-state index is 0.452. The molecule has 0 saturated carbocycles. The molecule has 11 heteroatoms. The highest BCUT2D eigenvalue weighted by molar-refractivity contribution is 5.78. The average Bonchev–Trinajstić information content (AvgIpc) is 2.55. The molecule has 128 valence electrons. The first kappa shape index (κ1) is 17.3. The van der Waals surface area contributed by atoms with Gasteiger partial charge in [0.05, 0.1) is 26.9 Å². The molecule has 0 spiro atoms. The normalized spacial score (nSPS) is 10.6. The fourth-order valence-corrected chi connectivity index (χ4v) is 1.97. The topological polar surface area (TPSA) is 167 Å². The number of nitrogens with two attached hydrogens (primary N) is 1. The van der Waals surface area contributed by atoms with E-state index in [4.69, 9.17) is 5.73 Å². The lowest BCUT2D eigenvalue weighted by molar-refractivity contribution is -0.401. The Kier molecular flexibility index (Phi) is 4.88. The largest absolute Gasteiger partial charge is 0.399 e. The first-order valence-corrected chi connectivity index (χ1v) is 6.69. The lowest BCUT2D eigenvalue weighted by atomic mass is 10.2. The van der Waals surface area contributed by atoms with E-state index in [1.165, 1.54) is 12.3 Å². The number of hydrogen-bond donors (Lipinski definition) is 2. The second kappa shape index (κ2) is 7.04. The van der Waals surface area contributed by atoms with E-state index in [2.05, 4.69) is 5.32 Å². The summed E-state index contributed by atoms with van der Waals surface area (Å²) < 4.78 is 0. The molecule has 0 atom stereocenters. The van der Waals surface area contributed by atoms with Crippen molar-refractivity contribution in [1.82, 2.24) is 0 Å². The minimum atomic E-state index is -0.937. The van der Waals surface area contributed by atoms with Crippen LogP contribution in [0.15, 0.2) is 42.6 Å². The lowest BCUT2D eigenvalue weighted by Gasteiger charge is -2.04. The van der Waals surface area contributed by atoms with E-state index in [9.17, 15) is 30.3 Å². The fraction of sp³-hybridized carbons (Fsp3) is 0. The number of anilines is 2. The Morgan fingerprint density at radius 2 is 1.40 bits per heavy atom. The molecule has 0 aliphatic rings. The Labute approximate surface area is 139 Å². The van der Waals surface area contributed by atoms with Crippen LogP contribution in [0.3, 0.4) is 0 Å². The molecule has 0 heterocycles. The number of nitro groups is 3. The van der Waals surface area contributed by atoms with Gasteiger partial charge in [0.15, 0.2) is 5.69 Å². The maximum Gasteiger partial charge on any atom is 0.306 e. The molecule has 0 bridgehead atoms. The van der Waals surface area contributed by atoms with Crippen LogP contribution in [-0.4, -0.2) is 14.8 Å². The molecular weight excluding hydrogens is 334 g/mol. The summed E-state index contributed by atoms with van der Waals surface area (Å²) >= 11 is 0. The van der Waals surface area contributed by atoms with Crippen molar-refractivity contribution in [2.45, 2.75) is 0 Å². The molecule has 0 aliphatic heterocycles. The maximum absolute atomic E-state index is 11.1. The predicted octanol–water partition coefficient (Wildman–Crippen LogP) is 3.08. The quantitative estimate of drug-likeness (QED) is 0.457. The van der Waals surface area contributed by atoms with Gasteiger partial charge in [-0.1, -0.05) is 12.1 Å². The molecule has 2 aromatic rings. The number of non-ortho nitro benzene ring substituents is 1. The zero-order valence-electron chi connectivity index (χ0n) is 12.5. The molecule has 0 fully saturated rings. The van der Waals surface area contributed by atoms with Gasteiger partial charge in [0, 0.05) is 11.9 Å². The van der Waals surface area contributed by atoms with Crippen LogP contribution in [0.2, 0.25) is 0 Å². The second-order valence-corrected chi connectivity index (χ2v) is 4.77. The number of nitrogen functional groups attached to an aromatic ring is 1. The molecule has 11 nitrogen and oxygen atoms in total. The van der Waals surface area contributed by atoms with Gasteiger partial charge in [-0.05, 0) is 23.8 Å². The Morgan fingerprint density at radius 1 is 0.880 bits per heavy atom. The molecule has 2 aromatic carbocycles. The van der Waals surface area contributed by atoms with Crippen molar-refractivity contribution in [3.8, 4) is 0 Å². The number of hydrogen-bond acceptors (Lipinski definition) is 8. The summed E-state index contributed by atoms with van der Waals surface area (Å²) in [7, 11) is 0. The monoisotopic (exact) mass is 345 g/mol. The zero-order chi connectivity index (χ0) is 18.6. The van der Waals surface area contributed by atoms with E-state index >= 15 is 0 Å². The first-order valence-electron chi connectivity index (χ1n) is 6.69. The van der Waals surface area contributed by atoms with Gasteiger partial charge in [0.25, 0.3) is 5.69 Å². The summed E-state index contributed by atoms with van der Waals surface area (Å²) in [6, 6.07) is 7.93. The third-order valence-corrected chi connectivity index (χ3v) is 3.13. The molecule has 0 amide bonds. The van der Waals surface area contributed by atoms with Gasteiger partial charge in [0.2, 0.25) is 0 Å². The molecular formula is C14H11N5O6. The summed E-state index contributed by atoms with van der Waals surface area (Å²) in [4.78, 5) is 30.3. The Bertz CT molecular complexity index is 843. The number of nitrogens with zero attached hydrogens (tertiary/aromatic N) is 3. The molecule has 0 saturated heterocycles. The van der Waals surface area contributed by atoms with Crippen LogP contribution in [0.25, 0.3) is 6.08 Å². The summed E-state index contributed by atoms with van der Waals surface area (Å²) in [6.45, 7) is 0. The number of nitro benzene ring substituents is 3. The third kappa shape index (κ3) is 4.04. The smallest absolute Gasteiger partial charge is 0.306 e. The van der Waals surface area contributed by atoms with Crippen molar-refractivity contribution in [1.29, 1.82) is 0 Å². The highest BCUT2D eigenvalue weighted by Gasteiger charge is 2.30. The minimum Gasteiger partial charge on any atom is -0.399 e. The number of benzene rings is 2. The van der Waals surface area contributed by atoms with Crippen molar-refractivity contribution < 1.29 is 14.8 Å². The van der Waals surface area contributed by atoms with E-state index in [1.807, 2.05) is 0 Å². The summed E-state index contributed by atoms with van der Waals surface area (Å²) in [6.07, 6.45) is 2.76.